The van der Waals surface area contributed by atoms with Gasteiger partial charge in [0.25, 0.3) is 0 Å². The SMILES string of the molecule is CCCCCCCCC(O)c1cnnn1CCC. The highest BCUT2D eigenvalue weighted by Crippen LogP contribution is 2.19. The van der Waals surface area contributed by atoms with Crippen molar-refractivity contribution in [3.8, 4) is 0 Å². The Balaban J connectivity index is 2.23. The zero-order valence-corrected chi connectivity index (χ0v) is 11.8. The minimum Gasteiger partial charge on any atom is -0.387 e. The molecule has 1 unspecified atom stereocenters. The lowest BCUT2D eigenvalue weighted by Gasteiger charge is -2.11. The topological polar surface area (TPSA) is 50.9 Å². The lowest BCUT2D eigenvalue weighted by molar-refractivity contribution is 0.152. The van der Waals surface area contributed by atoms with E-state index in [4.69, 9.17) is 0 Å². The first-order chi connectivity index (χ1) is 8.79. The lowest BCUT2D eigenvalue weighted by atomic mass is 10.1. The standard InChI is InChI=1S/C14H27N3O/c1-3-5-6-7-8-9-10-14(18)13-12-15-16-17(13)11-4-2/h12,14,18H,3-11H2,1-2H3. The summed E-state index contributed by atoms with van der Waals surface area (Å²) < 4.78 is 1.82. The maximum Gasteiger partial charge on any atom is 0.0973 e. The summed E-state index contributed by atoms with van der Waals surface area (Å²) in [6.07, 6.45) is 10.6. The van der Waals surface area contributed by atoms with E-state index in [2.05, 4.69) is 24.2 Å². The van der Waals surface area contributed by atoms with Gasteiger partial charge >= 0.3 is 0 Å². The Morgan fingerprint density at radius 2 is 1.83 bits per heavy atom. The second-order valence-corrected chi connectivity index (χ2v) is 4.95. The van der Waals surface area contributed by atoms with E-state index in [0.29, 0.717) is 0 Å². The fourth-order valence-electron chi connectivity index (χ4n) is 2.18. The van der Waals surface area contributed by atoms with Crippen LogP contribution in [0.4, 0.5) is 0 Å². The number of hydrogen-bond acceptors (Lipinski definition) is 3. The summed E-state index contributed by atoms with van der Waals surface area (Å²) in [6, 6.07) is 0. The molecule has 0 spiro atoms. The van der Waals surface area contributed by atoms with Crippen LogP contribution in [0.2, 0.25) is 0 Å². The number of hydrogen-bond donors (Lipinski definition) is 1. The lowest BCUT2D eigenvalue weighted by Crippen LogP contribution is -2.09. The highest BCUT2D eigenvalue weighted by Gasteiger charge is 2.13. The summed E-state index contributed by atoms with van der Waals surface area (Å²) in [6.45, 7) is 5.17. The van der Waals surface area contributed by atoms with Crippen molar-refractivity contribution in [1.29, 1.82) is 0 Å². The van der Waals surface area contributed by atoms with Crippen molar-refractivity contribution in [2.24, 2.45) is 0 Å². The van der Waals surface area contributed by atoms with Crippen molar-refractivity contribution in [3.63, 3.8) is 0 Å². The number of aliphatic hydroxyl groups excluding tert-OH is 1. The molecule has 0 saturated carbocycles. The van der Waals surface area contributed by atoms with Crippen LogP contribution in [0.15, 0.2) is 6.20 Å². The Morgan fingerprint density at radius 3 is 2.56 bits per heavy atom. The first-order valence-electron chi connectivity index (χ1n) is 7.36. The number of aryl methyl sites for hydroxylation is 1. The second-order valence-electron chi connectivity index (χ2n) is 4.95. The van der Waals surface area contributed by atoms with Gasteiger partial charge in [-0.2, -0.15) is 0 Å². The van der Waals surface area contributed by atoms with Gasteiger partial charge in [0.15, 0.2) is 0 Å². The van der Waals surface area contributed by atoms with E-state index < -0.39 is 6.10 Å². The Bertz CT molecular complexity index is 312. The third kappa shape index (κ3) is 5.17. The Kier molecular flexibility index (Phi) is 7.65. The maximum absolute atomic E-state index is 10.1. The van der Waals surface area contributed by atoms with Crippen molar-refractivity contribution in [2.75, 3.05) is 0 Å². The van der Waals surface area contributed by atoms with Crippen LogP contribution in [0.25, 0.3) is 0 Å². The molecule has 1 aromatic rings. The summed E-state index contributed by atoms with van der Waals surface area (Å²) in [4.78, 5) is 0. The van der Waals surface area contributed by atoms with Crippen LogP contribution in [-0.4, -0.2) is 20.1 Å². The van der Waals surface area contributed by atoms with E-state index in [9.17, 15) is 5.11 Å². The van der Waals surface area contributed by atoms with Crippen molar-refractivity contribution < 1.29 is 5.11 Å². The molecule has 0 radical (unpaired) electrons. The van der Waals surface area contributed by atoms with Crippen molar-refractivity contribution >= 4 is 0 Å². The smallest absolute Gasteiger partial charge is 0.0973 e. The second kappa shape index (κ2) is 9.09. The molecule has 1 atom stereocenters. The molecule has 0 aliphatic heterocycles. The van der Waals surface area contributed by atoms with E-state index in [1.165, 1.54) is 32.1 Å². The van der Waals surface area contributed by atoms with E-state index in [1.807, 2.05) is 4.68 Å². The maximum atomic E-state index is 10.1. The van der Waals surface area contributed by atoms with Crippen LogP contribution in [0.1, 0.15) is 77.0 Å². The minimum absolute atomic E-state index is 0.405. The van der Waals surface area contributed by atoms with Gasteiger partial charge in [-0.05, 0) is 12.8 Å². The molecule has 4 nitrogen and oxygen atoms in total. The van der Waals surface area contributed by atoms with E-state index in [-0.39, 0.29) is 0 Å². The predicted octanol–water partition coefficient (Wildman–Crippen LogP) is 3.47. The first kappa shape index (κ1) is 15.2. The number of aromatic nitrogens is 3. The zero-order chi connectivity index (χ0) is 13.2. The normalized spacial score (nSPS) is 12.8. The minimum atomic E-state index is -0.405. The summed E-state index contributed by atoms with van der Waals surface area (Å²) in [5.41, 5.74) is 0.866. The van der Waals surface area contributed by atoms with Crippen LogP contribution in [0.3, 0.4) is 0 Å². The molecule has 0 saturated heterocycles. The van der Waals surface area contributed by atoms with Crippen molar-refractivity contribution in [1.82, 2.24) is 15.0 Å². The molecule has 0 aliphatic carbocycles. The van der Waals surface area contributed by atoms with Crippen LogP contribution in [-0.2, 0) is 6.54 Å². The molecule has 1 aromatic heterocycles. The van der Waals surface area contributed by atoms with Gasteiger partial charge in [0.05, 0.1) is 18.0 Å². The van der Waals surface area contributed by atoms with Crippen LogP contribution < -0.4 is 0 Å². The van der Waals surface area contributed by atoms with Gasteiger partial charge in [0.2, 0.25) is 0 Å². The monoisotopic (exact) mass is 253 g/mol. The fourth-order valence-corrected chi connectivity index (χ4v) is 2.18. The van der Waals surface area contributed by atoms with Crippen molar-refractivity contribution in [2.45, 2.75) is 77.9 Å². The molecule has 1 heterocycles. The highest BCUT2D eigenvalue weighted by atomic mass is 16.3. The largest absolute Gasteiger partial charge is 0.387 e. The number of nitrogens with zero attached hydrogens (tertiary/aromatic N) is 3. The molecular formula is C14H27N3O. The van der Waals surface area contributed by atoms with Crippen LogP contribution in [0, 0.1) is 0 Å². The predicted molar refractivity (Wildman–Crippen MR) is 73.3 cm³/mol. The van der Waals surface area contributed by atoms with Gasteiger partial charge in [-0.15, -0.1) is 5.10 Å². The molecule has 1 N–H and O–H groups in total. The Labute approximate surface area is 110 Å². The summed E-state index contributed by atoms with van der Waals surface area (Å²) in [5.74, 6) is 0. The van der Waals surface area contributed by atoms with E-state index in [1.54, 1.807) is 6.20 Å². The first-order valence-corrected chi connectivity index (χ1v) is 7.36. The molecule has 104 valence electrons. The molecule has 0 amide bonds. The summed E-state index contributed by atoms with van der Waals surface area (Å²) >= 11 is 0. The molecule has 1 rings (SSSR count). The van der Waals surface area contributed by atoms with E-state index >= 15 is 0 Å². The van der Waals surface area contributed by atoms with E-state index in [0.717, 1.165) is 31.5 Å². The average molecular weight is 253 g/mol. The number of aliphatic hydroxyl groups is 1. The van der Waals surface area contributed by atoms with Crippen LogP contribution in [0.5, 0.6) is 0 Å². The molecule has 0 bridgehead atoms. The molecule has 0 fully saturated rings. The molecule has 0 aromatic carbocycles. The molecule has 4 heteroatoms. The van der Waals surface area contributed by atoms with Gasteiger partial charge in [-0.1, -0.05) is 57.6 Å². The molecule has 0 aliphatic rings. The average Bonchev–Trinajstić information content (AvgIpc) is 2.82. The molecular weight excluding hydrogens is 226 g/mol. The molecule has 18 heavy (non-hydrogen) atoms. The fraction of sp³-hybridized carbons (Fsp3) is 0.857. The summed E-state index contributed by atoms with van der Waals surface area (Å²) in [5, 5.41) is 18.0. The Morgan fingerprint density at radius 1 is 1.11 bits per heavy atom. The van der Waals surface area contributed by atoms with Gasteiger partial charge in [0, 0.05) is 6.54 Å². The Hall–Kier alpha value is -0.900. The van der Waals surface area contributed by atoms with Crippen LogP contribution >= 0.6 is 0 Å². The van der Waals surface area contributed by atoms with Gasteiger partial charge < -0.3 is 5.11 Å². The highest BCUT2D eigenvalue weighted by molar-refractivity contribution is 4.98. The summed E-state index contributed by atoms with van der Waals surface area (Å²) in [7, 11) is 0. The van der Waals surface area contributed by atoms with Gasteiger partial charge in [-0.25, -0.2) is 4.68 Å². The number of rotatable bonds is 10. The number of unbranched alkanes of at least 4 members (excludes halogenated alkanes) is 5. The van der Waals surface area contributed by atoms with Gasteiger partial charge in [-0.3, -0.25) is 0 Å². The third-order valence-electron chi connectivity index (χ3n) is 3.26. The quantitative estimate of drug-likeness (QED) is 0.649. The zero-order valence-electron chi connectivity index (χ0n) is 11.8. The third-order valence-corrected chi connectivity index (χ3v) is 3.26. The van der Waals surface area contributed by atoms with Gasteiger partial charge in [0.1, 0.15) is 0 Å². The van der Waals surface area contributed by atoms with Crippen molar-refractivity contribution in [3.05, 3.63) is 11.9 Å².